The van der Waals surface area contributed by atoms with Crippen molar-refractivity contribution >= 4 is 5.91 Å². The normalized spacial score (nSPS) is 12.5. The molecule has 0 aliphatic rings. The van der Waals surface area contributed by atoms with E-state index in [0.717, 1.165) is 0 Å². The summed E-state index contributed by atoms with van der Waals surface area (Å²) in [5.41, 5.74) is 0.691. The van der Waals surface area contributed by atoms with Gasteiger partial charge in [0.15, 0.2) is 0 Å². The highest BCUT2D eigenvalue weighted by molar-refractivity contribution is 5.78. The zero-order chi connectivity index (χ0) is 12.1. The van der Waals surface area contributed by atoms with Crippen LogP contribution in [0.5, 0.6) is 5.75 Å². The Morgan fingerprint density at radius 2 is 2.12 bits per heavy atom. The Hall–Kier alpha value is -1.55. The van der Waals surface area contributed by atoms with Crippen LogP contribution in [0.4, 0.5) is 0 Å². The first-order chi connectivity index (χ1) is 7.54. The second-order valence-electron chi connectivity index (χ2n) is 3.99. The van der Waals surface area contributed by atoms with Crippen molar-refractivity contribution in [1.82, 2.24) is 5.32 Å². The Labute approximate surface area is 94.9 Å². The molecule has 0 fully saturated rings. The highest BCUT2D eigenvalue weighted by Crippen LogP contribution is 2.18. The third-order valence-corrected chi connectivity index (χ3v) is 2.30. The van der Waals surface area contributed by atoms with Crippen molar-refractivity contribution in [3.63, 3.8) is 0 Å². The van der Waals surface area contributed by atoms with Gasteiger partial charge in [-0.1, -0.05) is 26.0 Å². The van der Waals surface area contributed by atoms with Crippen molar-refractivity contribution < 1.29 is 15.0 Å². The standard InChI is InChI=1S/C12H17NO3/c1-8(2)12(16)13-11(7-14)9-4-3-5-10(15)6-9/h3-6,8,11,14-15H,7H2,1-2H3,(H,13,16). The lowest BCUT2D eigenvalue weighted by Crippen LogP contribution is -2.33. The molecule has 1 unspecified atom stereocenters. The van der Waals surface area contributed by atoms with E-state index in [0.29, 0.717) is 5.56 Å². The number of aliphatic hydroxyl groups is 1. The van der Waals surface area contributed by atoms with Crippen molar-refractivity contribution in [2.45, 2.75) is 19.9 Å². The summed E-state index contributed by atoms with van der Waals surface area (Å²) in [6, 6.07) is 6.03. The second-order valence-corrected chi connectivity index (χ2v) is 3.99. The molecule has 0 heterocycles. The number of aliphatic hydroxyl groups excluding tert-OH is 1. The Balaban J connectivity index is 2.78. The largest absolute Gasteiger partial charge is 0.508 e. The van der Waals surface area contributed by atoms with Crippen LogP contribution in [0.15, 0.2) is 24.3 Å². The van der Waals surface area contributed by atoms with Crippen LogP contribution in [0.3, 0.4) is 0 Å². The van der Waals surface area contributed by atoms with Gasteiger partial charge in [0.25, 0.3) is 0 Å². The lowest BCUT2D eigenvalue weighted by Gasteiger charge is -2.18. The van der Waals surface area contributed by atoms with Gasteiger partial charge < -0.3 is 15.5 Å². The van der Waals surface area contributed by atoms with Gasteiger partial charge in [0.2, 0.25) is 5.91 Å². The highest BCUT2D eigenvalue weighted by atomic mass is 16.3. The number of nitrogens with one attached hydrogen (secondary N) is 1. The van der Waals surface area contributed by atoms with Crippen LogP contribution in [-0.2, 0) is 4.79 Å². The van der Waals surface area contributed by atoms with E-state index in [1.807, 2.05) is 0 Å². The van der Waals surface area contributed by atoms with Crippen molar-refractivity contribution in [2.75, 3.05) is 6.61 Å². The Morgan fingerprint density at radius 3 is 2.62 bits per heavy atom. The Bertz CT molecular complexity index is 363. The number of hydrogen-bond donors (Lipinski definition) is 3. The average molecular weight is 223 g/mol. The molecule has 0 radical (unpaired) electrons. The van der Waals surface area contributed by atoms with E-state index in [-0.39, 0.29) is 24.2 Å². The first-order valence-corrected chi connectivity index (χ1v) is 5.24. The Kier molecular flexibility index (Phi) is 4.31. The molecule has 0 aliphatic heterocycles. The predicted octanol–water partition coefficient (Wildman–Crippen LogP) is 1.20. The first-order valence-electron chi connectivity index (χ1n) is 5.24. The summed E-state index contributed by atoms with van der Waals surface area (Å²) in [6.45, 7) is 3.38. The highest BCUT2D eigenvalue weighted by Gasteiger charge is 2.15. The van der Waals surface area contributed by atoms with Gasteiger partial charge in [0.1, 0.15) is 5.75 Å². The third-order valence-electron chi connectivity index (χ3n) is 2.30. The van der Waals surface area contributed by atoms with E-state index in [4.69, 9.17) is 0 Å². The maximum atomic E-state index is 11.5. The molecule has 4 heteroatoms. The number of benzene rings is 1. The third kappa shape index (κ3) is 3.24. The summed E-state index contributed by atoms with van der Waals surface area (Å²) < 4.78 is 0. The van der Waals surface area contributed by atoms with Gasteiger partial charge in [-0.05, 0) is 17.7 Å². The maximum absolute atomic E-state index is 11.5. The number of hydrogen-bond acceptors (Lipinski definition) is 3. The maximum Gasteiger partial charge on any atom is 0.223 e. The van der Waals surface area contributed by atoms with E-state index in [2.05, 4.69) is 5.32 Å². The minimum atomic E-state index is -0.470. The van der Waals surface area contributed by atoms with Gasteiger partial charge in [-0.3, -0.25) is 4.79 Å². The fraction of sp³-hybridized carbons (Fsp3) is 0.417. The summed E-state index contributed by atoms with van der Waals surface area (Å²) in [5.74, 6) is -0.136. The smallest absolute Gasteiger partial charge is 0.223 e. The van der Waals surface area contributed by atoms with Crippen LogP contribution in [0.1, 0.15) is 25.5 Å². The molecule has 1 aromatic carbocycles. The van der Waals surface area contributed by atoms with Crippen LogP contribution in [0, 0.1) is 5.92 Å². The summed E-state index contributed by atoms with van der Waals surface area (Å²) in [4.78, 5) is 11.5. The average Bonchev–Trinajstić information content (AvgIpc) is 2.25. The van der Waals surface area contributed by atoms with Gasteiger partial charge in [0.05, 0.1) is 12.6 Å². The number of phenols is 1. The molecule has 0 spiro atoms. The van der Waals surface area contributed by atoms with Gasteiger partial charge in [-0.25, -0.2) is 0 Å². The molecule has 1 rings (SSSR count). The molecule has 0 aliphatic carbocycles. The van der Waals surface area contributed by atoms with Crippen molar-refractivity contribution in [1.29, 1.82) is 0 Å². The molecule has 4 nitrogen and oxygen atoms in total. The monoisotopic (exact) mass is 223 g/mol. The van der Waals surface area contributed by atoms with E-state index < -0.39 is 6.04 Å². The molecule has 0 saturated carbocycles. The zero-order valence-corrected chi connectivity index (χ0v) is 9.47. The summed E-state index contributed by atoms with van der Waals surface area (Å²) in [5, 5.41) is 21.2. The molecule has 0 saturated heterocycles. The molecule has 88 valence electrons. The van der Waals surface area contributed by atoms with E-state index in [1.165, 1.54) is 6.07 Å². The van der Waals surface area contributed by atoms with Crippen LogP contribution in [-0.4, -0.2) is 22.7 Å². The topological polar surface area (TPSA) is 69.6 Å². The summed E-state index contributed by atoms with van der Waals surface area (Å²) >= 11 is 0. The first kappa shape index (κ1) is 12.5. The summed E-state index contributed by atoms with van der Waals surface area (Å²) in [7, 11) is 0. The Morgan fingerprint density at radius 1 is 1.44 bits per heavy atom. The lowest BCUT2D eigenvalue weighted by atomic mass is 10.1. The lowest BCUT2D eigenvalue weighted by molar-refractivity contribution is -0.125. The number of rotatable bonds is 4. The van der Waals surface area contributed by atoms with Gasteiger partial charge >= 0.3 is 0 Å². The van der Waals surface area contributed by atoms with Crippen LogP contribution < -0.4 is 5.32 Å². The van der Waals surface area contributed by atoms with E-state index >= 15 is 0 Å². The van der Waals surface area contributed by atoms with E-state index in [1.54, 1.807) is 32.0 Å². The van der Waals surface area contributed by atoms with Crippen molar-refractivity contribution in [3.05, 3.63) is 29.8 Å². The molecule has 0 aromatic heterocycles. The van der Waals surface area contributed by atoms with Crippen molar-refractivity contribution in [3.8, 4) is 5.75 Å². The SMILES string of the molecule is CC(C)C(=O)NC(CO)c1cccc(O)c1. The van der Waals surface area contributed by atoms with Gasteiger partial charge in [0, 0.05) is 5.92 Å². The van der Waals surface area contributed by atoms with Crippen LogP contribution in [0.2, 0.25) is 0 Å². The van der Waals surface area contributed by atoms with Crippen molar-refractivity contribution in [2.24, 2.45) is 5.92 Å². The number of carbonyl (C=O) groups excluding carboxylic acids is 1. The molecule has 3 N–H and O–H groups in total. The summed E-state index contributed by atoms with van der Waals surface area (Å²) in [6.07, 6.45) is 0. The minimum absolute atomic E-state index is 0.120. The van der Waals surface area contributed by atoms with Crippen LogP contribution >= 0.6 is 0 Å². The fourth-order valence-corrected chi connectivity index (χ4v) is 1.31. The zero-order valence-electron chi connectivity index (χ0n) is 9.47. The number of carbonyl (C=O) groups is 1. The minimum Gasteiger partial charge on any atom is -0.508 e. The number of amides is 1. The van der Waals surface area contributed by atoms with Gasteiger partial charge in [-0.15, -0.1) is 0 Å². The quantitative estimate of drug-likeness (QED) is 0.718. The molecule has 1 aromatic rings. The van der Waals surface area contributed by atoms with E-state index in [9.17, 15) is 15.0 Å². The molecule has 1 amide bonds. The molecular formula is C12H17NO3. The fourth-order valence-electron chi connectivity index (χ4n) is 1.31. The number of aromatic hydroxyl groups is 1. The predicted molar refractivity (Wildman–Crippen MR) is 60.9 cm³/mol. The van der Waals surface area contributed by atoms with Gasteiger partial charge in [-0.2, -0.15) is 0 Å². The molecule has 1 atom stereocenters. The van der Waals surface area contributed by atoms with Crippen LogP contribution in [0.25, 0.3) is 0 Å². The molecule has 0 bridgehead atoms. The molecular weight excluding hydrogens is 206 g/mol. The second kappa shape index (κ2) is 5.51. The molecule has 16 heavy (non-hydrogen) atoms. The number of phenolic OH excluding ortho intramolecular Hbond substituents is 1.